The normalized spacial score (nSPS) is 10.2. The Kier molecular flexibility index (Phi) is 7.27. The van der Waals surface area contributed by atoms with Gasteiger partial charge in [0, 0.05) is 6.54 Å². The molecule has 0 atom stereocenters. The lowest BCUT2D eigenvalue weighted by Crippen LogP contribution is -2.38. The summed E-state index contributed by atoms with van der Waals surface area (Å²) in [5.74, 6) is 1.12. The van der Waals surface area contributed by atoms with Crippen LogP contribution in [-0.4, -0.2) is 24.7 Å². The summed E-state index contributed by atoms with van der Waals surface area (Å²) in [5, 5.41) is 5.74. The van der Waals surface area contributed by atoms with Crippen LogP contribution in [0.4, 0.5) is 0 Å². The van der Waals surface area contributed by atoms with E-state index >= 15 is 0 Å². The number of furan rings is 1. The van der Waals surface area contributed by atoms with E-state index < -0.39 is 5.91 Å². The number of carbonyl (C=O) groups is 1. The van der Waals surface area contributed by atoms with Gasteiger partial charge in [0.2, 0.25) is 0 Å². The van der Waals surface area contributed by atoms with Gasteiger partial charge in [-0.3, -0.25) is 10.1 Å². The van der Waals surface area contributed by atoms with Crippen LogP contribution in [0.3, 0.4) is 0 Å². The Hall–Kier alpha value is -2.06. The molecule has 1 amide bonds. The average Bonchev–Trinajstić information content (AvgIpc) is 3.05. The van der Waals surface area contributed by atoms with Crippen molar-refractivity contribution in [3.05, 3.63) is 46.3 Å². The zero-order valence-electron chi connectivity index (χ0n) is 13.9. The zero-order valence-corrected chi connectivity index (χ0v) is 16.3. The van der Waals surface area contributed by atoms with Crippen molar-refractivity contribution >= 4 is 39.2 Å². The quantitative estimate of drug-likeness (QED) is 0.658. The number of hydrogen-bond donors (Lipinski definition) is 2. The molecule has 8 heteroatoms. The fraction of sp³-hybridized carbons (Fsp3) is 0.294. The predicted octanol–water partition coefficient (Wildman–Crippen LogP) is 3.64. The molecule has 0 unspecified atom stereocenters. The van der Waals surface area contributed by atoms with Gasteiger partial charge in [-0.2, -0.15) is 0 Å². The minimum absolute atomic E-state index is 0.176. The van der Waals surface area contributed by atoms with Crippen LogP contribution in [-0.2, 0) is 6.54 Å². The van der Waals surface area contributed by atoms with Gasteiger partial charge >= 0.3 is 0 Å². The molecular formula is C17H19BrN2O4S. The number of nitrogens with one attached hydrogen (secondary N) is 2. The predicted molar refractivity (Wildman–Crippen MR) is 102 cm³/mol. The molecule has 0 aliphatic heterocycles. The van der Waals surface area contributed by atoms with Crippen molar-refractivity contribution in [2.75, 3.05) is 13.7 Å². The van der Waals surface area contributed by atoms with Crippen molar-refractivity contribution in [2.45, 2.75) is 19.9 Å². The molecule has 0 saturated carbocycles. The SMILES string of the molecule is CCCOc1ccc(CNC(=S)NC(=O)c2ccc(Br)o2)cc1OC. The van der Waals surface area contributed by atoms with Crippen molar-refractivity contribution in [3.8, 4) is 11.5 Å². The number of rotatable bonds is 7. The number of amides is 1. The molecule has 2 N–H and O–H groups in total. The number of carbonyl (C=O) groups excluding carboxylic acids is 1. The van der Waals surface area contributed by atoms with Crippen LogP contribution in [0, 0.1) is 0 Å². The molecule has 2 aromatic rings. The summed E-state index contributed by atoms with van der Waals surface area (Å²) in [4.78, 5) is 11.9. The second kappa shape index (κ2) is 9.43. The van der Waals surface area contributed by atoms with Crippen LogP contribution in [0.15, 0.2) is 39.4 Å². The van der Waals surface area contributed by atoms with Crippen LogP contribution in [0.5, 0.6) is 11.5 Å². The third kappa shape index (κ3) is 5.75. The smallest absolute Gasteiger partial charge is 0.293 e. The lowest BCUT2D eigenvalue weighted by Gasteiger charge is -2.13. The first-order valence-corrected chi connectivity index (χ1v) is 8.87. The third-order valence-corrected chi connectivity index (χ3v) is 3.84. The molecule has 6 nitrogen and oxygen atoms in total. The van der Waals surface area contributed by atoms with Crippen molar-refractivity contribution in [2.24, 2.45) is 0 Å². The molecule has 0 spiro atoms. The summed E-state index contributed by atoms with van der Waals surface area (Å²) in [6.45, 7) is 3.11. The highest BCUT2D eigenvalue weighted by molar-refractivity contribution is 9.10. The Morgan fingerprint density at radius 2 is 2.08 bits per heavy atom. The summed E-state index contributed by atoms with van der Waals surface area (Å²) in [5.41, 5.74) is 0.943. The van der Waals surface area contributed by atoms with Gasteiger partial charge in [0.1, 0.15) is 0 Å². The monoisotopic (exact) mass is 426 g/mol. The van der Waals surface area contributed by atoms with E-state index in [-0.39, 0.29) is 10.9 Å². The van der Waals surface area contributed by atoms with E-state index in [9.17, 15) is 4.79 Å². The van der Waals surface area contributed by atoms with Gasteiger partial charge in [-0.15, -0.1) is 0 Å². The molecule has 1 aromatic carbocycles. The molecule has 2 rings (SSSR count). The number of hydrogen-bond acceptors (Lipinski definition) is 5. The van der Waals surface area contributed by atoms with E-state index in [1.165, 1.54) is 0 Å². The molecule has 134 valence electrons. The topological polar surface area (TPSA) is 72.7 Å². The fourth-order valence-corrected chi connectivity index (χ4v) is 2.45. The zero-order chi connectivity index (χ0) is 18.2. The van der Waals surface area contributed by atoms with Crippen molar-refractivity contribution in [1.82, 2.24) is 10.6 Å². The first kappa shape index (κ1) is 19.3. The standard InChI is InChI=1S/C17H19BrN2O4S/c1-3-8-23-12-5-4-11(9-14(12)22-2)10-19-17(25)20-16(21)13-6-7-15(18)24-13/h4-7,9H,3,8,10H2,1-2H3,(H2,19,20,21,25). The fourth-order valence-electron chi connectivity index (χ4n) is 1.98. The molecular weight excluding hydrogens is 408 g/mol. The van der Waals surface area contributed by atoms with Crippen LogP contribution >= 0.6 is 28.1 Å². The molecule has 0 aliphatic carbocycles. The summed E-state index contributed by atoms with van der Waals surface area (Å²) < 4.78 is 16.6. The maximum absolute atomic E-state index is 11.9. The third-order valence-electron chi connectivity index (χ3n) is 3.17. The van der Waals surface area contributed by atoms with E-state index in [0.717, 1.165) is 12.0 Å². The molecule has 1 heterocycles. The highest BCUT2D eigenvalue weighted by atomic mass is 79.9. The van der Waals surface area contributed by atoms with E-state index in [4.69, 9.17) is 26.1 Å². The van der Waals surface area contributed by atoms with Crippen LogP contribution < -0.4 is 20.1 Å². The number of ether oxygens (including phenoxy) is 2. The Morgan fingerprint density at radius 3 is 2.72 bits per heavy atom. The van der Waals surface area contributed by atoms with Crippen molar-refractivity contribution < 1.29 is 18.7 Å². The molecule has 0 radical (unpaired) electrons. The number of thiocarbonyl (C=S) groups is 1. The van der Waals surface area contributed by atoms with E-state index in [1.54, 1.807) is 19.2 Å². The first-order valence-electron chi connectivity index (χ1n) is 7.67. The Balaban J connectivity index is 1.89. The number of methoxy groups -OCH3 is 1. The Labute approximate surface area is 160 Å². The van der Waals surface area contributed by atoms with Crippen molar-refractivity contribution in [1.29, 1.82) is 0 Å². The molecule has 0 bridgehead atoms. The van der Waals surface area contributed by atoms with Crippen LogP contribution in [0.1, 0.15) is 29.5 Å². The molecule has 1 aromatic heterocycles. The second-order valence-corrected chi connectivity index (χ2v) is 6.26. The lowest BCUT2D eigenvalue weighted by atomic mass is 10.2. The molecule has 0 saturated heterocycles. The molecule has 25 heavy (non-hydrogen) atoms. The Bertz CT molecular complexity index is 748. The Morgan fingerprint density at radius 1 is 1.28 bits per heavy atom. The van der Waals surface area contributed by atoms with E-state index in [0.29, 0.717) is 29.3 Å². The first-order chi connectivity index (χ1) is 12.0. The van der Waals surface area contributed by atoms with Crippen molar-refractivity contribution in [3.63, 3.8) is 0 Å². The number of benzene rings is 1. The van der Waals surface area contributed by atoms with E-state index in [2.05, 4.69) is 26.6 Å². The molecule has 0 aliphatic rings. The lowest BCUT2D eigenvalue weighted by molar-refractivity contribution is 0.0948. The van der Waals surface area contributed by atoms with Crippen LogP contribution in [0.2, 0.25) is 0 Å². The van der Waals surface area contributed by atoms with Gasteiger partial charge in [-0.05, 0) is 64.4 Å². The second-order valence-electron chi connectivity index (χ2n) is 5.07. The average molecular weight is 427 g/mol. The summed E-state index contributed by atoms with van der Waals surface area (Å²) >= 11 is 8.27. The van der Waals surface area contributed by atoms with Gasteiger partial charge in [0.15, 0.2) is 27.0 Å². The van der Waals surface area contributed by atoms with Gasteiger partial charge < -0.3 is 19.2 Å². The number of halogens is 1. The van der Waals surface area contributed by atoms with E-state index in [1.807, 2.05) is 25.1 Å². The minimum Gasteiger partial charge on any atom is -0.493 e. The van der Waals surface area contributed by atoms with Crippen LogP contribution in [0.25, 0.3) is 0 Å². The van der Waals surface area contributed by atoms with Gasteiger partial charge in [0.25, 0.3) is 5.91 Å². The van der Waals surface area contributed by atoms with Gasteiger partial charge in [-0.25, -0.2) is 0 Å². The highest BCUT2D eigenvalue weighted by Crippen LogP contribution is 2.28. The maximum atomic E-state index is 11.9. The summed E-state index contributed by atoms with van der Waals surface area (Å²) in [7, 11) is 1.59. The van der Waals surface area contributed by atoms with Gasteiger partial charge in [0.05, 0.1) is 13.7 Å². The minimum atomic E-state index is -0.413. The van der Waals surface area contributed by atoms with Gasteiger partial charge in [-0.1, -0.05) is 13.0 Å². The summed E-state index contributed by atoms with van der Waals surface area (Å²) in [6, 6.07) is 8.83. The maximum Gasteiger partial charge on any atom is 0.293 e. The largest absolute Gasteiger partial charge is 0.493 e. The highest BCUT2D eigenvalue weighted by Gasteiger charge is 2.12. The molecule has 0 fully saturated rings. The summed E-state index contributed by atoms with van der Waals surface area (Å²) in [6.07, 6.45) is 0.923.